The van der Waals surface area contributed by atoms with Crippen LogP contribution in [0.5, 0.6) is 0 Å². The quantitative estimate of drug-likeness (QED) is 0.675. The molecule has 0 saturated heterocycles. The van der Waals surface area contributed by atoms with E-state index in [1.807, 2.05) is 6.92 Å². The van der Waals surface area contributed by atoms with Crippen LogP contribution in [0.4, 0.5) is 5.82 Å². The van der Waals surface area contributed by atoms with Gasteiger partial charge >= 0.3 is 0 Å². The summed E-state index contributed by atoms with van der Waals surface area (Å²) in [7, 11) is 1.58. The van der Waals surface area contributed by atoms with Gasteiger partial charge in [-0.25, -0.2) is 4.98 Å². The molecule has 0 radical (unpaired) electrons. The van der Waals surface area contributed by atoms with Crippen molar-refractivity contribution >= 4 is 17.6 Å². The van der Waals surface area contributed by atoms with E-state index in [0.717, 1.165) is 25.1 Å². The van der Waals surface area contributed by atoms with E-state index in [1.54, 1.807) is 19.2 Å². The maximum absolute atomic E-state index is 12.1. The predicted octanol–water partition coefficient (Wildman–Crippen LogP) is 1.33. The Balaban J connectivity index is 2.74. The summed E-state index contributed by atoms with van der Waals surface area (Å²) in [6.07, 6.45) is 2.08. The molecule has 0 spiro atoms. The fraction of sp³-hybridized carbons (Fsp3) is 0.533. The van der Waals surface area contributed by atoms with Crippen LogP contribution in [0, 0.1) is 0 Å². The average molecular weight is 292 g/mol. The number of carbonyl (C=O) groups is 2. The molecular formula is C15H24N4O2. The molecule has 0 aliphatic rings. The molecule has 3 N–H and O–H groups in total. The Labute approximate surface area is 125 Å². The number of hydrogen-bond acceptors (Lipinski definition) is 4. The van der Waals surface area contributed by atoms with Crippen LogP contribution >= 0.6 is 0 Å². The topological polar surface area (TPSA) is 83.1 Å². The van der Waals surface area contributed by atoms with Crippen LogP contribution in [0.1, 0.15) is 42.7 Å². The molecule has 6 heteroatoms. The SMILES string of the molecule is CCCc1cc(C(=O)NCCC(=O)NC)cc(NCC)n1. The highest BCUT2D eigenvalue weighted by Gasteiger charge is 2.10. The summed E-state index contributed by atoms with van der Waals surface area (Å²) in [4.78, 5) is 27.7. The van der Waals surface area contributed by atoms with Crippen LogP contribution in [-0.2, 0) is 11.2 Å². The van der Waals surface area contributed by atoms with Gasteiger partial charge in [0.05, 0.1) is 0 Å². The second-order valence-corrected chi connectivity index (χ2v) is 4.69. The minimum atomic E-state index is -0.183. The largest absolute Gasteiger partial charge is 0.370 e. The normalized spacial score (nSPS) is 10.0. The van der Waals surface area contributed by atoms with Crippen LogP contribution < -0.4 is 16.0 Å². The van der Waals surface area contributed by atoms with Crippen LogP contribution in [0.2, 0.25) is 0 Å². The zero-order valence-corrected chi connectivity index (χ0v) is 13.0. The van der Waals surface area contributed by atoms with Gasteiger partial charge in [0.25, 0.3) is 5.91 Å². The summed E-state index contributed by atoms with van der Waals surface area (Å²) in [6, 6.07) is 3.54. The van der Waals surface area contributed by atoms with E-state index in [9.17, 15) is 9.59 Å². The standard InChI is InChI=1S/C15H24N4O2/c1-4-6-12-9-11(10-13(19-12)17-5-2)15(21)18-8-7-14(20)16-3/h9-10H,4-8H2,1-3H3,(H,16,20)(H,17,19)(H,18,21). The van der Waals surface area contributed by atoms with Crippen molar-refractivity contribution in [1.29, 1.82) is 0 Å². The number of amides is 2. The second-order valence-electron chi connectivity index (χ2n) is 4.69. The molecule has 6 nitrogen and oxygen atoms in total. The van der Waals surface area contributed by atoms with Crippen LogP contribution in [-0.4, -0.2) is 36.9 Å². The molecule has 21 heavy (non-hydrogen) atoms. The summed E-state index contributed by atoms with van der Waals surface area (Å²) < 4.78 is 0. The lowest BCUT2D eigenvalue weighted by Crippen LogP contribution is -2.29. The Bertz CT molecular complexity index is 464. The number of anilines is 1. The molecular weight excluding hydrogens is 268 g/mol. The molecule has 116 valence electrons. The van der Waals surface area contributed by atoms with Crippen molar-refractivity contribution in [3.8, 4) is 0 Å². The maximum Gasteiger partial charge on any atom is 0.251 e. The van der Waals surface area contributed by atoms with Gasteiger partial charge in [0, 0.05) is 37.8 Å². The number of nitrogens with zero attached hydrogens (tertiary/aromatic N) is 1. The third-order valence-electron chi connectivity index (χ3n) is 2.92. The molecule has 0 fully saturated rings. The number of hydrogen-bond donors (Lipinski definition) is 3. The number of aryl methyl sites for hydroxylation is 1. The lowest BCUT2D eigenvalue weighted by Gasteiger charge is -2.10. The molecule has 1 aromatic heterocycles. The van der Waals surface area contributed by atoms with Gasteiger partial charge in [0.2, 0.25) is 5.91 Å². The molecule has 1 rings (SSSR count). The summed E-state index contributed by atoms with van der Waals surface area (Å²) in [5, 5.41) is 8.40. The first kappa shape index (κ1) is 16.9. The Hall–Kier alpha value is -2.11. The van der Waals surface area contributed by atoms with E-state index in [2.05, 4.69) is 27.9 Å². The molecule has 0 atom stereocenters. The monoisotopic (exact) mass is 292 g/mol. The van der Waals surface area contributed by atoms with Crippen LogP contribution in [0.25, 0.3) is 0 Å². The van der Waals surface area contributed by atoms with Gasteiger partial charge < -0.3 is 16.0 Å². The van der Waals surface area contributed by atoms with Crippen molar-refractivity contribution < 1.29 is 9.59 Å². The zero-order chi connectivity index (χ0) is 15.7. The van der Waals surface area contributed by atoms with Gasteiger partial charge in [-0.3, -0.25) is 9.59 Å². The first-order valence-electron chi connectivity index (χ1n) is 7.34. The lowest BCUT2D eigenvalue weighted by atomic mass is 10.1. The van der Waals surface area contributed by atoms with E-state index in [0.29, 0.717) is 17.9 Å². The molecule has 0 aromatic carbocycles. The van der Waals surface area contributed by atoms with E-state index >= 15 is 0 Å². The Morgan fingerprint density at radius 1 is 1.24 bits per heavy atom. The fourth-order valence-electron chi connectivity index (χ4n) is 1.89. The summed E-state index contributed by atoms with van der Waals surface area (Å²) in [6.45, 7) is 5.13. The fourth-order valence-corrected chi connectivity index (χ4v) is 1.89. The third-order valence-corrected chi connectivity index (χ3v) is 2.92. The van der Waals surface area contributed by atoms with Crippen LogP contribution in [0.15, 0.2) is 12.1 Å². The molecule has 0 aliphatic carbocycles. The van der Waals surface area contributed by atoms with Crippen LogP contribution in [0.3, 0.4) is 0 Å². The summed E-state index contributed by atoms with van der Waals surface area (Å²) >= 11 is 0. The van der Waals surface area contributed by atoms with Crippen molar-refractivity contribution in [3.63, 3.8) is 0 Å². The van der Waals surface area contributed by atoms with Gasteiger partial charge in [-0.05, 0) is 25.5 Å². The van der Waals surface area contributed by atoms with Gasteiger partial charge in [-0.15, -0.1) is 0 Å². The Kier molecular flexibility index (Phi) is 7.21. The molecule has 2 amide bonds. The highest BCUT2D eigenvalue weighted by atomic mass is 16.2. The highest BCUT2D eigenvalue weighted by molar-refractivity contribution is 5.95. The van der Waals surface area contributed by atoms with E-state index in [1.165, 1.54) is 0 Å². The first-order valence-corrected chi connectivity index (χ1v) is 7.34. The number of carbonyl (C=O) groups excluding carboxylic acids is 2. The minimum absolute atomic E-state index is 0.0926. The maximum atomic E-state index is 12.1. The number of rotatable bonds is 8. The zero-order valence-electron chi connectivity index (χ0n) is 13.0. The van der Waals surface area contributed by atoms with Gasteiger partial charge in [0.15, 0.2) is 0 Å². The Morgan fingerprint density at radius 2 is 2.00 bits per heavy atom. The van der Waals surface area contributed by atoms with E-state index < -0.39 is 0 Å². The predicted molar refractivity (Wildman–Crippen MR) is 83.4 cm³/mol. The highest BCUT2D eigenvalue weighted by Crippen LogP contribution is 2.12. The summed E-state index contributed by atoms with van der Waals surface area (Å²) in [5.41, 5.74) is 1.47. The second kappa shape index (κ2) is 8.94. The average Bonchev–Trinajstić information content (AvgIpc) is 2.47. The Morgan fingerprint density at radius 3 is 2.62 bits per heavy atom. The molecule has 1 aromatic rings. The molecule has 0 aliphatic heterocycles. The number of aromatic nitrogens is 1. The van der Waals surface area contributed by atoms with Crippen molar-refractivity contribution in [3.05, 3.63) is 23.4 Å². The molecule has 0 unspecified atom stereocenters. The van der Waals surface area contributed by atoms with E-state index in [-0.39, 0.29) is 18.2 Å². The van der Waals surface area contributed by atoms with Gasteiger partial charge in [0.1, 0.15) is 5.82 Å². The molecule has 0 bridgehead atoms. The number of pyridine rings is 1. The third kappa shape index (κ3) is 5.81. The summed E-state index contributed by atoms with van der Waals surface area (Å²) in [5.74, 6) is 0.433. The number of nitrogens with one attached hydrogen (secondary N) is 3. The van der Waals surface area contributed by atoms with Crippen molar-refractivity contribution in [2.45, 2.75) is 33.1 Å². The molecule has 1 heterocycles. The van der Waals surface area contributed by atoms with Crippen molar-refractivity contribution in [2.75, 3.05) is 25.5 Å². The van der Waals surface area contributed by atoms with E-state index in [4.69, 9.17) is 0 Å². The van der Waals surface area contributed by atoms with Crippen molar-refractivity contribution in [2.24, 2.45) is 0 Å². The lowest BCUT2D eigenvalue weighted by molar-refractivity contribution is -0.120. The molecule has 0 saturated carbocycles. The first-order chi connectivity index (χ1) is 10.1. The minimum Gasteiger partial charge on any atom is -0.370 e. The van der Waals surface area contributed by atoms with Crippen molar-refractivity contribution in [1.82, 2.24) is 15.6 Å². The van der Waals surface area contributed by atoms with Gasteiger partial charge in [-0.1, -0.05) is 13.3 Å². The smallest absolute Gasteiger partial charge is 0.251 e. The van der Waals surface area contributed by atoms with Gasteiger partial charge in [-0.2, -0.15) is 0 Å².